The zero-order valence-corrected chi connectivity index (χ0v) is 13.5. The molecule has 0 fully saturated rings. The van der Waals surface area contributed by atoms with E-state index in [1.54, 1.807) is 0 Å². The fraction of sp³-hybridized carbons (Fsp3) is 0.231. The summed E-state index contributed by atoms with van der Waals surface area (Å²) in [6.45, 7) is -1.20. The normalized spacial score (nSPS) is 11.4. The Labute approximate surface area is 134 Å². The first kappa shape index (κ1) is 17.3. The van der Waals surface area contributed by atoms with Gasteiger partial charge in [-0.2, -0.15) is 0 Å². The van der Waals surface area contributed by atoms with Crippen LogP contribution in [0.5, 0.6) is 0 Å². The van der Waals surface area contributed by atoms with Crippen LogP contribution in [0.25, 0.3) is 0 Å². The van der Waals surface area contributed by atoms with Crippen molar-refractivity contribution in [2.75, 3.05) is 18.2 Å². The van der Waals surface area contributed by atoms with Crippen molar-refractivity contribution < 1.29 is 22.0 Å². The number of anilines is 1. The molecule has 0 unspecified atom stereocenters. The Balaban J connectivity index is 2.27. The predicted octanol–water partition coefficient (Wildman–Crippen LogP) is 1.67. The summed E-state index contributed by atoms with van der Waals surface area (Å²) >= 11 is 0.767. The van der Waals surface area contributed by atoms with Crippen LogP contribution in [0, 0.1) is 5.82 Å². The average Bonchev–Trinajstić information content (AvgIpc) is 2.94. The highest BCUT2D eigenvalue weighted by atomic mass is 32.2. The highest BCUT2D eigenvalue weighted by Gasteiger charge is 2.16. The van der Waals surface area contributed by atoms with E-state index in [4.69, 9.17) is 0 Å². The molecule has 0 spiro atoms. The van der Waals surface area contributed by atoms with E-state index in [-0.39, 0.29) is 21.3 Å². The van der Waals surface area contributed by atoms with Gasteiger partial charge in [-0.25, -0.2) is 17.2 Å². The average molecular weight is 362 g/mol. The first-order valence-corrected chi connectivity index (χ1v) is 9.00. The molecule has 23 heavy (non-hydrogen) atoms. The maximum Gasteiger partial charge on any atom is 0.286 e. The van der Waals surface area contributed by atoms with Crippen LogP contribution in [0.4, 0.5) is 14.5 Å². The number of hydrogen-bond acceptors (Lipinski definition) is 5. The SMILES string of the molecule is CS(=O)(=O)c1ccc(C(=O)Nc2cc(F)c(=O)n(CCF)c2)s1. The number of nitrogens with one attached hydrogen (secondary N) is 1. The Morgan fingerprint density at radius 1 is 1.39 bits per heavy atom. The molecule has 0 aliphatic heterocycles. The van der Waals surface area contributed by atoms with Crippen LogP contribution >= 0.6 is 11.3 Å². The number of alkyl halides is 1. The number of aromatic nitrogens is 1. The molecule has 0 bridgehead atoms. The van der Waals surface area contributed by atoms with E-state index >= 15 is 0 Å². The molecule has 10 heteroatoms. The largest absolute Gasteiger partial charge is 0.320 e. The van der Waals surface area contributed by atoms with Crippen molar-refractivity contribution in [2.45, 2.75) is 10.8 Å². The molecule has 2 aromatic heterocycles. The lowest BCUT2D eigenvalue weighted by atomic mass is 10.3. The van der Waals surface area contributed by atoms with E-state index in [1.165, 1.54) is 12.1 Å². The molecule has 2 heterocycles. The lowest BCUT2D eigenvalue weighted by Gasteiger charge is -2.08. The molecule has 0 aliphatic rings. The van der Waals surface area contributed by atoms with Crippen molar-refractivity contribution in [2.24, 2.45) is 0 Å². The van der Waals surface area contributed by atoms with Gasteiger partial charge in [0.15, 0.2) is 15.7 Å². The number of carbonyl (C=O) groups excluding carboxylic acids is 1. The molecule has 0 atom stereocenters. The summed E-state index contributed by atoms with van der Waals surface area (Å²) in [6, 6.07) is 3.43. The van der Waals surface area contributed by atoms with Gasteiger partial charge < -0.3 is 9.88 Å². The smallest absolute Gasteiger partial charge is 0.286 e. The Morgan fingerprint density at radius 2 is 2.09 bits per heavy atom. The van der Waals surface area contributed by atoms with Gasteiger partial charge >= 0.3 is 0 Å². The minimum Gasteiger partial charge on any atom is -0.320 e. The Kier molecular flexibility index (Phi) is 4.95. The number of halogens is 2. The minimum absolute atomic E-state index is 0.0243. The predicted molar refractivity (Wildman–Crippen MR) is 82.0 cm³/mol. The lowest BCUT2D eigenvalue weighted by molar-refractivity contribution is 0.103. The zero-order valence-electron chi connectivity index (χ0n) is 11.9. The van der Waals surface area contributed by atoms with Crippen LogP contribution in [0.2, 0.25) is 0 Å². The van der Waals surface area contributed by atoms with Crippen molar-refractivity contribution >= 4 is 32.8 Å². The van der Waals surface area contributed by atoms with Gasteiger partial charge in [-0.05, 0) is 12.1 Å². The van der Waals surface area contributed by atoms with E-state index in [1.807, 2.05) is 0 Å². The quantitative estimate of drug-likeness (QED) is 0.877. The number of nitrogens with zero attached hydrogens (tertiary/aromatic N) is 1. The second kappa shape index (κ2) is 6.59. The van der Waals surface area contributed by atoms with E-state index in [0.717, 1.165) is 34.4 Å². The molecule has 0 aliphatic carbocycles. The first-order chi connectivity index (χ1) is 10.7. The molecule has 1 N–H and O–H groups in total. The summed E-state index contributed by atoms with van der Waals surface area (Å²) in [7, 11) is -3.42. The van der Waals surface area contributed by atoms with Crippen LogP contribution in [0.15, 0.2) is 33.4 Å². The lowest BCUT2D eigenvalue weighted by Crippen LogP contribution is -2.24. The third kappa shape index (κ3) is 4.02. The molecule has 0 aromatic carbocycles. The summed E-state index contributed by atoms with van der Waals surface area (Å²) in [4.78, 5) is 23.6. The van der Waals surface area contributed by atoms with E-state index < -0.39 is 33.8 Å². The summed E-state index contributed by atoms with van der Waals surface area (Å²) in [6.07, 6.45) is 2.14. The van der Waals surface area contributed by atoms with Crippen LogP contribution < -0.4 is 10.9 Å². The number of pyridine rings is 1. The van der Waals surface area contributed by atoms with Gasteiger partial charge in [-0.3, -0.25) is 9.59 Å². The van der Waals surface area contributed by atoms with E-state index in [2.05, 4.69) is 5.32 Å². The molecule has 0 saturated heterocycles. The van der Waals surface area contributed by atoms with Crippen molar-refractivity contribution in [3.05, 3.63) is 45.4 Å². The molecule has 2 aromatic rings. The van der Waals surface area contributed by atoms with E-state index in [0.29, 0.717) is 0 Å². The molecular formula is C13H12F2N2O4S2. The Bertz CT molecular complexity index is 903. The van der Waals surface area contributed by atoms with Gasteiger partial charge in [-0.15, -0.1) is 11.3 Å². The maximum atomic E-state index is 13.5. The summed E-state index contributed by atoms with van der Waals surface area (Å²) < 4.78 is 49.4. The number of carbonyl (C=O) groups is 1. The summed E-state index contributed by atoms with van der Waals surface area (Å²) in [5.74, 6) is -1.78. The van der Waals surface area contributed by atoms with Gasteiger partial charge in [0.1, 0.15) is 10.9 Å². The number of amides is 1. The molecular weight excluding hydrogens is 350 g/mol. The number of rotatable bonds is 5. The Morgan fingerprint density at radius 3 is 2.65 bits per heavy atom. The molecule has 0 radical (unpaired) electrons. The second-order valence-electron chi connectivity index (χ2n) is 4.61. The number of hydrogen-bond donors (Lipinski definition) is 1. The molecule has 6 nitrogen and oxygen atoms in total. The van der Waals surface area contributed by atoms with Crippen LogP contribution in [0.1, 0.15) is 9.67 Å². The van der Waals surface area contributed by atoms with Gasteiger partial charge in [0.05, 0.1) is 17.1 Å². The fourth-order valence-corrected chi connectivity index (χ4v) is 3.58. The van der Waals surface area contributed by atoms with Crippen LogP contribution in [-0.4, -0.2) is 31.8 Å². The van der Waals surface area contributed by atoms with Gasteiger partial charge in [-0.1, -0.05) is 0 Å². The highest BCUT2D eigenvalue weighted by Crippen LogP contribution is 2.22. The van der Waals surface area contributed by atoms with Crippen LogP contribution in [0.3, 0.4) is 0 Å². The topological polar surface area (TPSA) is 85.2 Å². The molecule has 2 rings (SSSR count). The third-order valence-electron chi connectivity index (χ3n) is 2.80. The third-order valence-corrected chi connectivity index (χ3v) is 5.70. The maximum absolute atomic E-state index is 13.5. The number of sulfone groups is 1. The van der Waals surface area contributed by atoms with Gasteiger partial charge in [0.25, 0.3) is 11.5 Å². The van der Waals surface area contributed by atoms with Crippen molar-refractivity contribution in [1.82, 2.24) is 4.57 Å². The monoisotopic (exact) mass is 362 g/mol. The standard InChI is InChI=1S/C13H12F2N2O4S2/c1-23(20,21)11-3-2-10(22-11)12(18)16-8-6-9(15)13(19)17(7-8)5-4-14/h2-3,6-7H,4-5H2,1H3,(H,16,18). The Hall–Kier alpha value is -2.07. The summed E-state index contributed by atoms with van der Waals surface area (Å²) in [5.41, 5.74) is -1.02. The van der Waals surface area contributed by atoms with Gasteiger partial charge in [0.2, 0.25) is 0 Å². The second-order valence-corrected chi connectivity index (χ2v) is 7.94. The number of aryl methyl sites for hydroxylation is 1. The summed E-state index contributed by atoms with van der Waals surface area (Å²) in [5, 5.41) is 2.34. The fourth-order valence-electron chi connectivity index (χ4n) is 1.76. The molecule has 0 saturated carbocycles. The zero-order chi connectivity index (χ0) is 17.2. The number of thiophene rings is 1. The van der Waals surface area contributed by atoms with Crippen LogP contribution in [-0.2, 0) is 16.4 Å². The van der Waals surface area contributed by atoms with Crippen molar-refractivity contribution in [1.29, 1.82) is 0 Å². The van der Waals surface area contributed by atoms with Crippen molar-refractivity contribution in [3.8, 4) is 0 Å². The molecule has 1 amide bonds. The van der Waals surface area contributed by atoms with E-state index in [9.17, 15) is 26.8 Å². The molecule has 124 valence electrons. The highest BCUT2D eigenvalue weighted by molar-refractivity contribution is 7.92. The first-order valence-electron chi connectivity index (χ1n) is 6.29. The van der Waals surface area contributed by atoms with Gasteiger partial charge in [0, 0.05) is 18.5 Å². The minimum atomic E-state index is -3.42. The van der Waals surface area contributed by atoms with Crippen molar-refractivity contribution in [3.63, 3.8) is 0 Å².